The molecule has 0 aliphatic rings. The Balaban J connectivity index is 2.93. The monoisotopic (exact) mass is 216 g/mol. The summed E-state index contributed by atoms with van der Waals surface area (Å²) in [5.41, 5.74) is 0. The number of carbonyl (C=O) groups is 1. The molecule has 3 nitrogen and oxygen atoms in total. The Morgan fingerprint density at radius 1 is 1.21 bits per heavy atom. The Morgan fingerprint density at radius 2 is 1.79 bits per heavy atom. The fraction of sp³-hybridized carbons (Fsp3) is 0.222. The SMILES string of the molecule is O=CCCS(=O)(=O)c1ccc(F)cc1. The van der Waals surface area contributed by atoms with E-state index < -0.39 is 15.7 Å². The molecule has 0 saturated carbocycles. The Kier molecular flexibility index (Phi) is 3.35. The summed E-state index contributed by atoms with van der Waals surface area (Å²) in [6.07, 6.45) is 0.501. The summed E-state index contributed by atoms with van der Waals surface area (Å²) < 4.78 is 35.3. The number of carbonyl (C=O) groups excluding carboxylic acids is 1. The third kappa shape index (κ3) is 2.63. The lowest BCUT2D eigenvalue weighted by Gasteiger charge is -2.00. The lowest BCUT2D eigenvalue weighted by atomic mass is 10.4. The van der Waals surface area contributed by atoms with Crippen molar-refractivity contribution in [3.63, 3.8) is 0 Å². The van der Waals surface area contributed by atoms with Crippen molar-refractivity contribution in [2.45, 2.75) is 11.3 Å². The van der Waals surface area contributed by atoms with Gasteiger partial charge in [-0.25, -0.2) is 12.8 Å². The quantitative estimate of drug-likeness (QED) is 0.561. The topological polar surface area (TPSA) is 51.2 Å². The molecule has 0 radical (unpaired) electrons. The first-order valence-corrected chi connectivity index (χ1v) is 5.63. The van der Waals surface area contributed by atoms with Crippen molar-refractivity contribution in [3.05, 3.63) is 30.1 Å². The minimum absolute atomic E-state index is 0.0420. The summed E-state index contributed by atoms with van der Waals surface area (Å²) in [6, 6.07) is 4.53. The predicted octanol–water partition coefficient (Wildman–Crippen LogP) is 1.19. The van der Waals surface area contributed by atoms with Crippen molar-refractivity contribution in [2.75, 3.05) is 5.75 Å². The molecular formula is C9H9FO3S. The van der Waals surface area contributed by atoms with E-state index in [2.05, 4.69) is 0 Å². The van der Waals surface area contributed by atoms with E-state index in [9.17, 15) is 17.6 Å². The van der Waals surface area contributed by atoms with Crippen LogP contribution in [0.5, 0.6) is 0 Å². The summed E-state index contributed by atoms with van der Waals surface area (Å²) in [7, 11) is -3.44. The Hall–Kier alpha value is -1.23. The van der Waals surface area contributed by atoms with E-state index in [1.807, 2.05) is 0 Å². The van der Waals surface area contributed by atoms with Gasteiger partial charge < -0.3 is 4.79 Å². The molecule has 1 aromatic carbocycles. The van der Waals surface area contributed by atoms with E-state index in [4.69, 9.17) is 0 Å². The van der Waals surface area contributed by atoms with E-state index in [0.717, 1.165) is 12.1 Å². The van der Waals surface area contributed by atoms with Crippen molar-refractivity contribution in [2.24, 2.45) is 0 Å². The van der Waals surface area contributed by atoms with Crippen LogP contribution in [0.25, 0.3) is 0 Å². The van der Waals surface area contributed by atoms with E-state index in [0.29, 0.717) is 6.29 Å². The molecule has 76 valence electrons. The summed E-state index contributed by atoms with van der Waals surface area (Å²) >= 11 is 0. The molecular weight excluding hydrogens is 207 g/mol. The van der Waals surface area contributed by atoms with Crippen LogP contribution in [0.4, 0.5) is 4.39 Å². The molecule has 0 saturated heterocycles. The zero-order valence-electron chi connectivity index (χ0n) is 7.31. The van der Waals surface area contributed by atoms with Gasteiger partial charge in [-0.15, -0.1) is 0 Å². The minimum atomic E-state index is -3.44. The van der Waals surface area contributed by atoms with E-state index in [-0.39, 0.29) is 17.1 Å². The standard InChI is InChI=1S/C9H9FO3S/c10-8-2-4-9(5-3-8)14(12,13)7-1-6-11/h2-6H,1,7H2. The maximum atomic E-state index is 12.5. The molecule has 14 heavy (non-hydrogen) atoms. The van der Waals surface area contributed by atoms with Gasteiger partial charge in [0.2, 0.25) is 0 Å². The maximum absolute atomic E-state index is 12.5. The van der Waals surface area contributed by atoms with Crippen LogP contribution < -0.4 is 0 Å². The molecule has 0 aromatic heterocycles. The van der Waals surface area contributed by atoms with Gasteiger partial charge in [0.1, 0.15) is 12.1 Å². The summed E-state index contributed by atoms with van der Waals surface area (Å²) in [6.45, 7) is 0. The van der Waals surface area contributed by atoms with E-state index in [1.165, 1.54) is 12.1 Å². The Bertz CT molecular complexity index is 408. The van der Waals surface area contributed by atoms with Crippen LogP contribution in [0.1, 0.15) is 6.42 Å². The second kappa shape index (κ2) is 4.32. The lowest BCUT2D eigenvalue weighted by molar-refractivity contribution is -0.107. The van der Waals surface area contributed by atoms with Gasteiger partial charge in [-0.1, -0.05) is 0 Å². The normalized spacial score (nSPS) is 11.2. The third-order valence-electron chi connectivity index (χ3n) is 1.68. The zero-order chi connectivity index (χ0) is 10.6. The number of sulfone groups is 1. The summed E-state index contributed by atoms with van der Waals surface area (Å²) in [4.78, 5) is 10.1. The van der Waals surface area contributed by atoms with Gasteiger partial charge in [0.15, 0.2) is 9.84 Å². The zero-order valence-corrected chi connectivity index (χ0v) is 8.13. The van der Waals surface area contributed by atoms with Crippen LogP contribution in [-0.4, -0.2) is 20.5 Å². The number of hydrogen-bond donors (Lipinski definition) is 0. The molecule has 5 heteroatoms. The number of aldehydes is 1. The Morgan fingerprint density at radius 3 is 2.29 bits per heavy atom. The van der Waals surface area contributed by atoms with Gasteiger partial charge in [-0.05, 0) is 24.3 Å². The number of rotatable bonds is 4. The first-order valence-electron chi connectivity index (χ1n) is 3.98. The number of benzene rings is 1. The smallest absolute Gasteiger partial charge is 0.178 e. The molecule has 0 aliphatic heterocycles. The average Bonchev–Trinajstić information content (AvgIpc) is 2.16. The highest BCUT2D eigenvalue weighted by Gasteiger charge is 2.13. The van der Waals surface area contributed by atoms with Crippen molar-refractivity contribution in [1.82, 2.24) is 0 Å². The van der Waals surface area contributed by atoms with Gasteiger partial charge in [0.05, 0.1) is 10.6 Å². The number of hydrogen-bond acceptors (Lipinski definition) is 3. The second-order valence-corrected chi connectivity index (χ2v) is 4.84. The summed E-state index contributed by atoms with van der Waals surface area (Å²) in [5, 5.41) is 0. The van der Waals surface area contributed by atoms with Gasteiger partial charge in [-0.2, -0.15) is 0 Å². The minimum Gasteiger partial charge on any atom is -0.303 e. The van der Waals surface area contributed by atoms with E-state index in [1.54, 1.807) is 0 Å². The molecule has 0 bridgehead atoms. The molecule has 0 N–H and O–H groups in total. The Labute approximate surface area is 81.5 Å². The highest BCUT2D eigenvalue weighted by Crippen LogP contribution is 2.12. The number of halogens is 1. The molecule has 0 spiro atoms. The molecule has 1 aromatic rings. The van der Waals surface area contributed by atoms with Crippen molar-refractivity contribution >= 4 is 16.1 Å². The van der Waals surface area contributed by atoms with Crippen molar-refractivity contribution in [3.8, 4) is 0 Å². The van der Waals surface area contributed by atoms with Crippen LogP contribution in [0.15, 0.2) is 29.2 Å². The first-order chi connectivity index (χ1) is 6.56. The molecule has 0 heterocycles. The van der Waals surface area contributed by atoms with Crippen LogP contribution >= 0.6 is 0 Å². The highest BCUT2D eigenvalue weighted by molar-refractivity contribution is 7.91. The van der Waals surface area contributed by atoms with E-state index >= 15 is 0 Å². The van der Waals surface area contributed by atoms with Gasteiger partial charge in [0.25, 0.3) is 0 Å². The highest BCUT2D eigenvalue weighted by atomic mass is 32.2. The van der Waals surface area contributed by atoms with Gasteiger partial charge >= 0.3 is 0 Å². The fourth-order valence-corrected chi connectivity index (χ4v) is 2.16. The average molecular weight is 216 g/mol. The van der Waals surface area contributed by atoms with Crippen LogP contribution in [0.2, 0.25) is 0 Å². The lowest BCUT2D eigenvalue weighted by Crippen LogP contribution is -2.07. The molecule has 0 amide bonds. The van der Waals surface area contributed by atoms with Crippen LogP contribution in [-0.2, 0) is 14.6 Å². The largest absolute Gasteiger partial charge is 0.303 e. The maximum Gasteiger partial charge on any atom is 0.178 e. The van der Waals surface area contributed by atoms with Crippen LogP contribution in [0.3, 0.4) is 0 Å². The molecule has 0 unspecified atom stereocenters. The molecule has 1 rings (SSSR count). The molecule has 0 aliphatic carbocycles. The fourth-order valence-electron chi connectivity index (χ4n) is 0.963. The first kappa shape index (κ1) is 10.8. The van der Waals surface area contributed by atoms with Crippen molar-refractivity contribution < 1.29 is 17.6 Å². The van der Waals surface area contributed by atoms with Crippen molar-refractivity contribution in [1.29, 1.82) is 0 Å². The predicted molar refractivity (Wildman–Crippen MR) is 49.1 cm³/mol. The third-order valence-corrected chi connectivity index (χ3v) is 3.44. The summed E-state index contributed by atoms with van der Waals surface area (Å²) in [5.74, 6) is -0.721. The van der Waals surface area contributed by atoms with Crippen LogP contribution in [0, 0.1) is 5.82 Å². The second-order valence-electron chi connectivity index (χ2n) is 2.73. The van der Waals surface area contributed by atoms with Gasteiger partial charge in [0, 0.05) is 6.42 Å². The van der Waals surface area contributed by atoms with Gasteiger partial charge in [-0.3, -0.25) is 0 Å². The molecule has 0 atom stereocenters. The molecule has 0 fully saturated rings.